The molecule has 0 heterocycles. The minimum Gasteiger partial charge on any atom is -0.496 e. The van der Waals surface area contributed by atoms with Crippen molar-refractivity contribution in [2.24, 2.45) is 0 Å². The van der Waals surface area contributed by atoms with Crippen molar-refractivity contribution in [1.29, 1.82) is 0 Å². The molecule has 2 nitrogen and oxygen atoms in total. The van der Waals surface area contributed by atoms with Crippen LogP contribution in [0.4, 0.5) is 0 Å². The minimum atomic E-state index is 0.191. The smallest absolute Gasteiger partial charge is 0.123 e. The van der Waals surface area contributed by atoms with Crippen molar-refractivity contribution in [2.75, 3.05) is 14.2 Å². The molecule has 3 heteroatoms. The first-order valence-electron chi connectivity index (χ1n) is 5.79. The van der Waals surface area contributed by atoms with Crippen LogP contribution in [-0.4, -0.2) is 14.2 Å². The Morgan fingerprint density at radius 1 is 1.53 bits per heavy atom. The third-order valence-electron chi connectivity index (χ3n) is 2.91. The van der Waals surface area contributed by atoms with Gasteiger partial charge in [0, 0.05) is 16.6 Å². The summed E-state index contributed by atoms with van der Waals surface area (Å²) >= 11 is 6.04. The largest absolute Gasteiger partial charge is 0.496 e. The van der Waals surface area contributed by atoms with Gasteiger partial charge in [-0.1, -0.05) is 30.7 Å². The zero-order valence-electron chi connectivity index (χ0n) is 10.7. The molecule has 0 bridgehead atoms. The summed E-state index contributed by atoms with van der Waals surface area (Å²) in [6.45, 7) is 6.17. The summed E-state index contributed by atoms with van der Waals surface area (Å²) < 4.78 is 5.37. The molecule has 0 saturated heterocycles. The Hall–Kier alpha value is -0.990. The van der Waals surface area contributed by atoms with Crippen molar-refractivity contribution in [1.82, 2.24) is 5.32 Å². The van der Waals surface area contributed by atoms with Gasteiger partial charge >= 0.3 is 0 Å². The lowest BCUT2D eigenvalue weighted by Crippen LogP contribution is -2.17. The molecule has 0 aromatic heterocycles. The second-order valence-electron chi connectivity index (χ2n) is 4.04. The van der Waals surface area contributed by atoms with E-state index in [2.05, 4.69) is 18.8 Å². The first-order chi connectivity index (χ1) is 8.12. The van der Waals surface area contributed by atoms with Crippen molar-refractivity contribution < 1.29 is 4.74 Å². The molecule has 0 spiro atoms. The molecule has 0 amide bonds. The zero-order valence-corrected chi connectivity index (χ0v) is 11.5. The summed E-state index contributed by atoms with van der Waals surface area (Å²) in [6, 6.07) is 5.88. The first kappa shape index (κ1) is 14.1. The number of rotatable bonds is 6. The van der Waals surface area contributed by atoms with E-state index in [9.17, 15) is 0 Å². The van der Waals surface area contributed by atoms with Crippen LogP contribution in [0.3, 0.4) is 0 Å². The molecule has 1 N–H and O–H groups in total. The van der Waals surface area contributed by atoms with E-state index in [0.717, 1.165) is 29.2 Å². The summed E-state index contributed by atoms with van der Waals surface area (Å²) in [5, 5.41) is 4.01. The highest BCUT2D eigenvalue weighted by Crippen LogP contribution is 2.31. The lowest BCUT2D eigenvalue weighted by molar-refractivity contribution is 0.401. The molecule has 1 aromatic rings. The maximum absolute atomic E-state index is 6.04. The average Bonchev–Trinajstić information content (AvgIpc) is 2.35. The molecule has 1 rings (SSSR count). The SMILES string of the molecule is C=C(CC)CC(NC)c1cc(Cl)ccc1OC. The van der Waals surface area contributed by atoms with Crippen LogP contribution in [0.5, 0.6) is 5.75 Å². The number of nitrogens with one attached hydrogen (secondary N) is 1. The van der Waals surface area contributed by atoms with Crippen LogP contribution in [0, 0.1) is 0 Å². The average molecular weight is 254 g/mol. The minimum absolute atomic E-state index is 0.191. The van der Waals surface area contributed by atoms with Gasteiger partial charge in [-0.2, -0.15) is 0 Å². The topological polar surface area (TPSA) is 21.3 Å². The van der Waals surface area contributed by atoms with E-state index in [-0.39, 0.29) is 6.04 Å². The Morgan fingerprint density at radius 2 is 2.24 bits per heavy atom. The van der Waals surface area contributed by atoms with Crippen molar-refractivity contribution in [2.45, 2.75) is 25.8 Å². The van der Waals surface area contributed by atoms with Crippen molar-refractivity contribution in [3.63, 3.8) is 0 Å². The predicted octanol–water partition coefficient (Wildman–Crippen LogP) is 3.97. The lowest BCUT2D eigenvalue weighted by atomic mass is 9.98. The van der Waals surface area contributed by atoms with Crippen LogP contribution < -0.4 is 10.1 Å². The van der Waals surface area contributed by atoms with Gasteiger partial charge in [-0.05, 0) is 38.1 Å². The third kappa shape index (κ3) is 3.76. The van der Waals surface area contributed by atoms with E-state index in [1.54, 1.807) is 7.11 Å². The van der Waals surface area contributed by atoms with Crippen LogP contribution in [0.2, 0.25) is 5.02 Å². The molecule has 0 aliphatic heterocycles. The molecule has 0 aliphatic rings. The Morgan fingerprint density at radius 3 is 2.76 bits per heavy atom. The molecule has 94 valence electrons. The molecule has 17 heavy (non-hydrogen) atoms. The summed E-state index contributed by atoms with van der Waals surface area (Å²) in [5.41, 5.74) is 2.29. The van der Waals surface area contributed by atoms with E-state index in [0.29, 0.717) is 0 Å². The number of methoxy groups -OCH3 is 1. The zero-order chi connectivity index (χ0) is 12.8. The van der Waals surface area contributed by atoms with Gasteiger partial charge in [-0.25, -0.2) is 0 Å². The summed E-state index contributed by atoms with van der Waals surface area (Å²) in [4.78, 5) is 0. The number of hydrogen-bond acceptors (Lipinski definition) is 2. The van der Waals surface area contributed by atoms with Crippen LogP contribution in [-0.2, 0) is 0 Å². The standard InChI is InChI=1S/C14H20ClNO/c1-5-10(2)8-13(16-3)12-9-11(15)6-7-14(12)17-4/h6-7,9,13,16H,2,5,8H2,1,3-4H3. The molecule has 0 aliphatic carbocycles. The van der Waals surface area contributed by atoms with Gasteiger partial charge in [-0.3, -0.25) is 0 Å². The van der Waals surface area contributed by atoms with E-state index in [1.165, 1.54) is 5.57 Å². The van der Waals surface area contributed by atoms with Gasteiger partial charge in [0.05, 0.1) is 7.11 Å². The van der Waals surface area contributed by atoms with Crippen LogP contribution >= 0.6 is 11.6 Å². The Labute approximate surface area is 109 Å². The lowest BCUT2D eigenvalue weighted by Gasteiger charge is -2.20. The van der Waals surface area contributed by atoms with Crippen LogP contribution in [0.15, 0.2) is 30.4 Å². The van der Waals surface area contributed by atoms with Gasteiger partial charge in [0.2, 0.25) is 0 Å². The number of ether oxygens (including phenoxy) is 1. The summed E-state index contributed by atoms with van der Waals surface area (Å²) in [7, 11) is 3.61. The van der Waals surface area contributed by atoms with Gasteiger partial charge in [-0.15, -0.1) is 0 Å². The fraction of sp³-hybridized carbons (Fsp3) is 0.429. The highest BCUT2D eigenvalue weighted by Gasteiger charge is 2.15. The molecule has 1 atom stereocenters. The van der Waals surface area contributed by atoms with Gasteiger partial charge in [0.15, 0.2) is 0 Å². The molecule has 0 fully saturated rings. The molecule has 1 aromatic carbocycles. The fourth-order valence-corrected chi connectivity index (χ4v) is 1.96. The van der Waals surface area contributed by atoms with Crippen LogP contribution in [0.1, 0.15) is 31.4 Å². The molecule has 1 unspecified atom stereocenters. The quantitative estimate of drug-likeness (QED) is 0.775. The third-order valence-corrected chi connectivity index (χ3v) is 3.14. The van der Waals surface area contributed by atoms with Crippen molar-refractivity contribution >= 4 is 11.6 Å². The van der Waals surface area contributed by atoms with Gasteiger partial charge in [0.1, 0.15) is 5.75 Å². The maximum Gasteiger partial charge on any atom is 0.123 e. The second-order valence-corrected chi connectivity index (χ2v) is 4.47. The summed E-state index contributed by atoms with van der Waals surface area (Å²) in [5.74, 6) is 0.859. The van der Waals surface area contributed by atoms with Crippen molar-refractivity contribution in [3.05, 3.63) is 40.9 Å². The molecular weight excluding hydrogens is 234 g/mol. The maximum atomic E-state index is 6.04. The number of hydrogen-bond donors (Lipinski definition) is 1. The normalized spacial score (nSPS) is 12.2. The van der Waals surface area contributed by atoms with E-state index < -0.39 is 0 Å². The van der Waals surface area contributed by atoms with Crippen molar-refractivity contribution in [3.8, 4) is 5.75 Å². The number of benzene rings is 1. The monoisotopic (exact) mass is 253 g/mol. The van der Waals surface area contributed by atoms with Gasteiger partial charge < -0.3 is 10.1 Å². The molecular formula is C14H20ClNO. The Bertz CT molecular complexity index is 390. The van der Waals surface area contributed by atoms with E-state index >= 15 is 0 Å². The second kappa shape index (κ2) is 6.67. The van der Waals surface area contributed by atoms with E-state index in [1.807, 2.05) is 25.2 Å². The van der Waals surface area contributed by atoms with Crippen LogP contribution in [0.25, 0.3) is 0 Å². The fourth-order valence-electron chi connectivity index (χ4n) is 1.78. The Kier molecular flexibility index (Phi) is 5.52. The molecule has 0 saturated carbocycles. The highest BCUT2D eigenvalue weighted by molar-refractivity contribution is 6.30. The number of halogens is 1. The summed E-state index contributed by atoms with van der Waals surface area (Å²) in [6.07, 6.45) is 1.88. The van der Waals surface area contributed by atoms with Gasteiger partial charge in [0.25, 0.3) is 0 Å². The Balaban J connectivity index is 3.01. The highest BCUT2D eigenvalue weighted by atomic mass is 35.5. The molecule has 0 radical (unpaired) electrons. The first-order valence-corrected chi connectivity index (χ1v) is 6.17. The van der Waals surface area contributed by atoms with E-state index in [4.69, 9.17) is 16.3 Å². The predicted molar refractivity (Wildman–Crippen MR) is 73.9 cm³/mol.